The van der Waals surface area contributed by atoms with Crippen molar-refractivity contribution in [2.24, 2.45) is 0 Å². The van der Waals surface area contributed by atoms with Gasteiger partial charge in [-0.1, -0.05) is 11.6 Å². The van der Waals surface area contributed by atoms with E-state index in [0.717, 1.165) is 0 Å². The molecule has 0 bridgehead atoms. The molecular weight excluding hydrogens is 210 g/mol. The van der Waals surface area contributed by atoms with Gasteiger partial charge in [-0.05, 0) is 12.1 Å². The first-order valence-corrected chi connectivity index (χ1v) is 4.05. The maximum Gasteiger partial charge on any atom is 0.337 e. The second-order valence-corrected chi connectivity index (χ2v) is 2.86. The van der Waals surface area contributed by atoms with Gasteiger partial charge in [-0.15, -0.1) is 0 Å². The molecule has 1 aromatic heterocycles. The van der Waals surface area contributed by atoms with Crippen LogP contribution in [0.1, 0.15) is 11.7 Å². The lowest BCUT2D eigenvalue weighted by Crippen LogP contribution is -2.12. The quantitative estimate of drug-likeness (QED) is 0.735. The number of hydrogen-bond acceptors (Lipinski definition) is 4. The molecule has 5 nitrogen and oxygen atoms in total. The van der Waals surface area contributed by atoms with Gasteiger partial charge in [-0.3, -0.25) is 0 Å². The Labute approximate surface area is 84.9 Å². The molecule has 6 heteroatoms. The number of aliphatic carboxylic acids is 1. The average Bonchev–Trinajstić information content (AvgIpc) is 2.16. The number of carboxylic acid groups (broad SMARTS) is 1. The van der Waals surface area contributed by atoms with E-state index in [9.17, 15) is 9.90 Å². The van der Waals surface area contributed by atoms with E-state index in [-0.39, 0.29) is 16.6 Å². The van der Waals surface area contributed by atoms with Crippen LogP contribution in [0.5, 0.6) is 5.88 Å². The maximum atomic E-state index is 10.5. The highest BCUT2D eigenvalue weighted by atomic mass is 35.5. The second-order valence-electron chi connectivity index (χ2n) is 2.47. The normalized spacial score (nSPS) is 12.2. The van der Waals surface area contributed by atoms with Crippen molar-refractivity contribution < 1.29 is 19.7 Å². The second kappa shape index (κ2) is 4.26. The van der Waals surface area contributed by atoms with Crippen molar-refractivity contribution >= 4 is 17.6 Å². The van der Waals surface area contributed by atoms with E-state index in [1.54, 1.807) is 0 Å². The molecule has 1 rings (SSSR count). The van der Waals surface area contributed by atoms with Gasteiger partial charge in [0.2, 0.25) is 5.88 Å². The summed E-state index contributed by atoms with van der Waals surface area (Å²) >= 11 is 5.56. The van der Waals surface area contributed by atoms with E-state index < -0.39 is 12.1 Å². The largest absolute Gasteiger partial charge is 0.481 e. The van der Waals surface area contributed by atoms with Gasteiger partial charge in [-0.2, -0.15) is 0 Å². The third kappa shape index (κ3) is 2.12. The molecule has 0 aromatic carbocycles. The predicted molar refractivity (Wildman–Crippen MR) is 48.4 cm³/mol. The molecule has 0 saturated heterocycles. The number of carbonyl (C=O) groups is 1. The van der Waals surface area contributed by atoms with E-state index >= 15 is 0 Å². The Morgan fingerprint density at radius 1 is 1.64 bits per heavy atom. The van der Waals surface area contributed by atoms with E-state index in [2.05, 4.69) is 4.98 Å². The van der Waals surface area contributed by atoms with Crippen molar-refractivity contribution in [3.63, 3.8) is 0 Å². The van der Waals surface area contributed by atoms with Gasteiger partial charge in [0.25, 0.3) is 0 Å². The molecular formula is C8H8ClNO4. The smallest absolute Gasteiger partial charge is 0.337 e. The molecule has 1 unspecified atom stereocenters. The third-order valence-corrected chi connectivity index (χ3v) is 1.79. The number of aliphatic hydroxyl groups is 1. The molecule has 0 spiro atoms. The first kappa shape index (κ1) is 10.7. The van der Waals surface area contributed by atoms with Crippen LogP contribution in [0.2, 0.25) is 5.15 Å². The van der Waals surface area contributed by atoms with Crippen molar-refractivity contribution in [3.05, 3.63) is 22.8 Å². The minimum Gasteiger partial charge on any atom is -0.481 e. The van der Waals surface area contributed by atoms with Gasteiger partial charge in [0, 0.05) is 0 Å². The number of ether oxygens (including phenoxy) is 1. The molecule has 14 heavy (non-hydrogen) atoms. The number of hydrogen-bond donors (Lipinski definition) is 2. The van der Waals surface area contributed by atoms with Crippen molar-refractivity contribution in [1.29, 1.82) is 0 Å². The number of pyridine rings is 1. The molecule has 0 amide bonds. The van der Waals surface area contributed by atoms with Crippen LogP contribution in [0.4, 0.5) is 0 Å². The fourth-order valence-electron chi connectivity index (χ4n) is 0.933. The van der Waals surface area contributed by atoms with Crippen molar-refractivity contribution in [3.8, 4) is 5.88 Å². The van der Waals surface area contributed by atoms with E-state index in [4.69, 9.17) is 21.4 Å². The number of nitrogens with zero attached hydrogens (tertiary/aromatic N) is 1. The molecule has 0 aliphatic heterocycles. The number of carboxylic acids is 1. The lowest BCUT2D eigenvalue weighted by Gasteiger charge is -2.09. The summed E-state index contributed by atoms with van der Waals surface area (Å²) < 4.78 is 4.78. The SMILES string of the molecule is COc1nc(Cl)ccc1C(O)C(=O)O. The summed E-state index contributed by atoms with van der Waals surface area (Å²) in [5, 5.41) is 18.0. The third-order valence-electron chi connectivity index (χ3n) is 1.58. The van der Waals surface area contributed by atoms with Crippen LogP contribution in [0.15, 0.2) is 12.1 Å². The number of aliphatic hydroxyl groups excluding tert-OH is 1. The Bertz CT molecular complexity index is 355. The Morgan fingerprint density at radius 2 is 2.29 bits per heavy atom. The average molecular weight is 218 g/mol. The highest BCUT2D eigenvalue weighted by molar-refractivity contribution is 6.29. The van der Waals surface area contributed by atoms with E-state index in [1.807, 2.05) is 0 Å². The summed E-state index contributed by atoms with van der Waals surface area (Å²) in [6, 6.07) is 2.73. The Kier molecular flexibility index (Phi) is 3.27. The summed E-state index contributed by atoms with van der Waals surface area (Å²) in [6.45, 7) is 0. The van der Waals surface area contributed by atoms with Crippen molar-refractivity contribution in [1.82, 2.24) is 4.98 Å². The summed E-state index contributed by atoms with van der Waals surface area (Å²) in [5.74, 6) is -1.36. The lowest BCUT2D eigenvalue weighted by molar-refractivity contribution is -0.147. The number of rotatable bonds is 3. The number of methoxy groups -OCH3 is 1. The number of halogens is 1. The Morgan fingerprint density at radius 3 is 2.79 bits per heavy atom. The highest BCUT2D eigenvalue weighted by Gasteiger charge is 2.21. The van der Waals surface area contributed by atoms with Crippen LogP contribution in [-0.4, -0.2) is 28.3 Å². The molecule has 2 N–H and O–H groups in total. The van der Waals surface area contributed by atoms with Gasteiger partial charge >= 0.3 is 5.97 Å². The first-order chi connectivity index (χ1) is 6.56. The zero-order valence-electron chi connectivity index (χ0n) is 7.27. The zero-order valence-corrected chi connectivity index (χ0v) is 8.02. The molecule has 0 radical (unpaired) electrons. The van der Waals surface area contributed by atoms with Crippen LogP contribution >= 0.6 is 11.6 Å². The number of aromatic nitrogens is 1. The van der Waals surface area contributed by atoms with Gasteiger partial charge in [-0.25, -0.2) is 9.78 Å². The van der Waals surface area contributed by atoms with Crippen LogP contribution in [0.25, 0.3) is 0 Å². The van der Waals surface area contributed by atoms with Crippen molar-refractivity contribution in [2.45, 2.75) is 6.10 Å². The molecule has 1 heterocycles. The topological polar surface area (TPSA) is 79.7 Å². The predicted octanol–water partition coefficient (Wildman–Crippen LogP) is 0.862. The van der Waals surface area contributed by atoms with Gasteiger partial charge in [0.1, 0.15) is 5.15 Å². The minimum absolute atomic E-state index is 0.00685. The van der Waals surface area contributed by atoms with E-state index in [0.29, 0.717) is 0 Å². The summed E-state index contributed by atoms with van der Waals surface area (Å²) in [6.07, 6.45) is -1.66. The first-order valence-electron chi connectivity index (χ1n) is 3.67. The summed E-state index contributed by atoms with van der Waals surface area (Å²) in [4.78, 5) is 14.2. The summed E-state index contributed by atoms with van der Waals surface area (Å²) in [5.41, 5.74) is 0.0735. The van der Waals surface area contributed by atoms with Gasteiger partial charge in [0.15, 0.2) is 6.10 Å². The van der Waals surface area contributed by atoms with Crippen molar-refractivity contribution in [2.75, 3.05) is 7.11 Å². The standard InChI is InChI=1S/C8H8ClNO4/c1-14-7-4(6(11)8(12)13)2-3-5(9)10-7/h2-3,6,11H,1H3,(H,12,13). The molecule has 0 saturated carbocycles. The van der Waals surface area contributed by atoms with Crippen LogP contribution in [0, 0.1) is 0 Å². The van der Waals surface area contributed by atoms with Crippen LogP contribution in [0.3, 0.4) is 0 Å². The lowest BCUT2D eigenvalue weighted by atomic mass is 10.1. The highest BCUT2D eigenvalue weighted by Crippen LogP contribution is 2.24. The summed E-state index contributed by atoms with van der Waals surface area (Å²) in [7, 11) is 1.32. The maximum absolute atomic E-state index is 10.5. The van der Waals surface area contributed by atoms with Gasteiger partial charge < -0.3 is 14.9 Å². The van der Waals surface area contributed by atoms with Crippen LogP contribution < -0.4 is 4.74 Å². The molecule has 1 aromatic rings. The zero-order chi connectivity index (χ0) is 10.7. The Hall–Kier alpha value is -1.33. The minimum atomic E-state index is -1.66. The molecule has 1 atom stereocenters. The molecule has 76 valence electrons. The fourth-order valence-corrected chi connectivity index (χ4v) is 1.07. The fraction of sp³-hybridized carbons (Fsp3) is 0.250. The molecule has 0 aliphatic carbocycles. The van der Waals surface area contributed by atoms with E-state index in [1.165, 1.54) is 19.2 Å². The van der Waals surface area contributed by atoms with Gasteiger partial charge in [0.05, 0.1) is 12.7 Å². The Balaban J connectivity index is 3.13. The molecule has 0 aliphatic rings. The monoisotopic (exact) mass is 217 g/mol. The molecule has 0 fully saturated rings. The van der Waals surface area contributed by atoms with Crippen LogP contribution in [-0.2, 0) is 4.79 Å².